The lowest BCUT2D eigenvalue weighted by Gasteiger charge is -2.35. The number of piperidine rings is 1. The lowest BCUT2D eigenvalue weighted by Crippen LogP contribution is -2.47. The van der Waals surface area contributed by atoms with Crippen molar-refractivity contribution in [1.82, 2.24) is 20.2 Å². The fraction of sp³-hybridized carbons (Fsp3) is 0.400. The van der Waals surface area contributed by atoms with E-state index in [1.165, 1.54) is 12.0 Å². The molecule has 2 aliphatic heterocycles. The van der Waals surface area contributed by atoms with E-state index in [-0.39, 0.29) is 12.5 Å². The monoisotopic (exact) mass is 498 g/mol. The number of likely N-dealkylation sites (tertiary alicyclic amines) is 1. The van der Waals surface area contributed by atoms with Crippen LogP contribution in [0.1, 0.15) is 19.3 Å². The molecule has 1 atom stereocenters. The van der Waals surface area contributed by atoms with Crippen molar-refractivity contribution in [2.24, 2.45) is 0 Å². The van der Waals surface area contributed by atoms with Crippen LogP contribution in [0.2, 0.25) is 10.0 Å². The van der Waals surface area contributed by atoms with Crippen LogP contribution in [0.4, 0.5) is 11.5 Å². The van der Waals surface area contributed by atoms with Gasteiger partial charge >= 0.3 is 0 Å². The zero-order chi connectivity index (χ0) is 23.5. The van der Waals surface area contributed by atoms with Crippen LogP contribution in [-0.4, -0.2) is 65.6 Å². The Labute approximate surface area is 209 Å². The second-order valence-corrected chi connectivity index (χ2v) is 9.76. The molecule has 0 saturated carbocycles. The summed E-state index contributed by atoms with van der Waals surface area (Å²) in [6.45, 7) is 3.80. The molecule has 2 fully saturated rings. The van der Waals surface area contributed by atoms with Gasteiger partial charge in [0.25, 0.3) is 0 Å². The third-order valence-electron chi connectivity index (χ3n) is 6.71. The van der Waals surface area contributed by atoms with Gasteiger partial charge in [0.05, 0.1) is 22.1 Å². The molecule has 2 aliphatic rings. The zero-order valence-electron chi connectivity index (χ0n) is 18.9. The summed E-state index contributed by atoms with van der Waals surface area (Å²) in [5, 5.41) is 8.57. The molecule has 3 aromatic rings. The number of fused-ring (bicyclic) bond motifs is 1. The van der Waals surface area contributed by atoms with Gasteiger partial charge in [-0.05, 0) is 43.5 Å². The van der Waals surface area contributed by atoms with Gasteiger partial charge in [0.15, 0.2) is 0 Å². The Morgan fingerprint density at radius 3 is 2.50 bits per heavy atom. The summed E-state index contributed by atoms with van der Waals surface area (Å²) in [5.74, 6) is 0.644. The first kappa shape index (κ1) is 23.1. The van der Waals surface area contributed by atoms with Gasteiger partial charge in [-0.2, -0.15) is 0 Å². The molecule has 34 heavy (non-hydrogen) atoms. The molecule has 5 rings (SSSR count). The summed E-state index contributed by atoms with van der Waals surface area (Å²) in [6, 6.07) is 14.9. The number of hydrogen-bond acceptors (Lipinski definition) is 6. The summed E-state index contributed by atoms with van der Waals surface area (Å²) in [6.07, 6.45) is 4.68. The van der Waals surface area contributed by atoms with E-state index in [1.54, 1.807) is 12.1 Å². The van der Waals surface area contributed by atoms with E-state index in [4.69, 9.17) is 23.2 Å². The first-order valence-electron chi connectivity index (χ1n) is 11.7. The third kappa shape index (κ3) is 5.22. The van der Waals surface area contributed by atoms with E-state index in [2.05, 4.69) is 55.8 Å². The summed E-state index contributed by atoms with van der Waals surface area (Å²) >= 11 is 12.3. The third-order valence-corrected chi connectivity index (χ3v) is 7.44. The summed E-state index contributed by atoms with van der Waals surface area (Å²) in [5.41, 5.74) is 1.98. The van der Waals surface area contributed by atoms with Crippen molar-refractivity contribution in [3.8, 4) is 0 Å². The Kier molecular flexibility index (Phi) is 7.04. The van der Waals surface area contributed by atoms with Crippen molar-refractivity contribution >= 4 is 51.5 Å². The Morgan fingerprint density at radius 1 is 0.971 bits per heavy atom. The number of benzene rings is 2. The molecular formula is C25H28Cl2N6O. The van der Waals surface area contributed by atoms with Crippen LogP contribution in [0.5, 0.6) is 0 Å². The minimum absolute atomic E-state index is 0.0648. The van der Waals surface area contributed by atoms with Crippen molar-refractivity contribution in [3.63, 3.8) is 0 Å². The molecule has 7 nitrogen and oxygen atoms in total. The standard InChI is InChI=1S/C25H28Cl2N6O/c26-21-12-20-23(13-22(21)27)29-16-30-25(20)28-14-24(34)33-11-8-18(15-33)31-17-6-9-32(10-7-17)19-4-2-1-3-5-19/h1-5,12-13,16-18,31H,6-11,14-15H2,(H,28,29,30)/t18-/m1/s1. The number of hydrogen-bond donors (Lipinski definition) is 2. The number of halogens is 2. The minimum Gasteiger partial charge on any atom is -0.371 e. The second-order valence-electron chi connectivity index (χ2n) is 8.95. The fourth-order valence-electron chi connectivity index (χ4n) is 4.86. The predicted molar refractivity (Wildman–Crippen MR) is 138 cm³/mol. The number of aromatic nitrogens is 2. The Balaban J connectivity index is 1.10. The molecule has 2 aromatic carbocycles. The number of carbonyl (C=O) groups is 1. The van der Waals surface area contributed by atoms with Crippen LogP contribution >= 0.6 is 23.2 Å². The number of amides is 1. The van der Waals surface area contributed by atoms with Crippen LogP contribution in [0.3, 0.4) is 0 Å². The van der Waals surface area contributed by atoms with Crippen molar-refractivity contribution in [1.29, 1.82) is 0 Å². The van der Waals surface area contributed by atoms with Gasteiger partial charge < -0.3 is 20.4 Å². The molecule has 0 unspecified atom stereocenters. The van der Waals surface area contributed by atoms with E-state index in [0.29, 0.717) is 33.5 Å². The molecule has 1 aromatic heterocycles. The van der Waals surface area contributed by atoms with Gasteiger partial charge in [0.2, 0.25) is 5.91 Å². The Morgan fingerprint density at radius 2 is 1.71 bits per heavy atom. The van der Waals surface area contributed by atoms with E-state index in [1.807, 2.05) is 4.90 Å². The predicted octanol–water partition coefficient (Wildman–Crippen LogP) is 4.21. The maximum Gasteiger partial charge on any atom is 0.241 e. The van der Waals surface area contributed by atoms with E-state index >= 15 is 0 Å². The van der Waals surface area contributed by atoms with Gasteiger partial charge in [-0.15, -0.1) is 0 Å². The summed E-state index contributed by atoms with van der Waals surface area (Å²) < 4.78 is 0. The van der Waals surface area contributed by atoms with Crippen molar-refractivity contribution < 1.29 is 4.79 Å². The minimum atomic E-state index is 0.0648. The van der Waals surface area contributed by atoms with Gasteiger partial charge in [-0.1, -0.05) is 41.4 Å². The molecule has 9 heteroatoms. The van der Waals surface area contributed by atoms with Crippen LogP contribution in [0, 0.1) is 0 Å². The van der Waals surface area contributed by atoms with Crippen molar-refractivity contribution in [3.05, 3.63) is 58.8 Å². The quantitative estimate of drug-likeness (QED) is 0.530. The summed E-state index contributed by atoms with van der Waals surface area (Å²) in [4.78, 5) is 25.8. The zero-order valence-corrected chi connectivity index (χ0v) is 20.4. The summed E-state index contributed by atoms with van der Waals surface area (Å²) in [7, 11) is 0. The normalized spacial score (nSPS) is 19.1. The smallest absolute Gasteiger partial charge is 0.241 e. The molecular weight excluding hydrogens is 471 g/mol. The molecule has 2 N–H and O–H groups in total. The van der Waals surface area contributed by atoms with E-state index in [0.717, 1.165) is 50.8 Å². The molecule has 0 spiro atoms. The lowest BCUT2D eigenvalue weighted by molar-refractivity contribution is -0.128. The average molecular weight is 499 g/mol. The molecule has 1 amide bonds. The molecule has 0 aliphatic carbocycles. The largest absolute Gasteiger partial charge is 0.371 e. The van der Waals surface area contributed by atoms with Gasteiger partial charge in [-0.25, -0.2) is 9.97 Å². The number of nitrogens with zero attached hydrogens (tertiary/aromatic N) is 4. The first-order valence-corrected chi connectivity index (χ1v) is 12.5. The highest BCUT2D eigenvalue weighted by Gasteiger charge is 2.29. The Hall–Kier alpha value is -2.61. The molecule has 2 saturated heterocycles. The maximum atomic E-state index is 12.9. The van der Waals surface area contributed by atoms with E-state index < -0.39 is 0 Å². The number of anilines is 2. The number of nitrogens with one attached hydrogen (secondary N) is 2. The molecule has 0 radical (unpaired) electrons. The van der Waals surface area contributed by atoms with E-state index in [9.17, 15) is 4.79 Å². The number of carbonyl (C=O) groups excluding carboxylic acids is 1. The van der Waals surface area contributed by atoms with Gasteiger partial charge in [0.1, 0.15) is 12.1 Å². The highest BCUT2D eigenvalue weighted by molar-refractivity contribution is 6.42. The van der Waals surface area contributed by atoms with Crippen LogP contribution in [-0.2, 0) is 4.79 Å². The molecule has 3 heterocycles. The van der Waals surface area contributed by atoms with Gasteiger partial charge in [0, 0.05) is 49.3 Å². The van der Waals surface area contributed by atoms with Gasteiger partial charge in [-0.3, -0.25) is 4.79 Å². The maximum absolute atomic E-state index is 12.9. The van der Waals surface area contributed by atoms with Crippen LogP contribution in [0.15, 0.2) is 48.8 Å². The van der Waals surface area contributed by atoms with Crippen LogP contribution in [0.25, 0.3) is 10.9 Å². The lowest BCUT2D eigenvalue weighted by atomic mass is 10.0. The fourth-order valence-corrected chi connectivity index (χ4v) is 5.18. The number of rotatable bonds is 6. The van der Waals surface area contributed by atoms with Crippen LogP contribution < -0.4 is 15.5 Å². The second kappa shape index (κ2) is 10.3. The highest BCUT2D eigenvalue weighted by atomic mass is 35.5. The van der Waals surface area contributed by atoms with Crippen molar-refractivity contribution in [2.75, 3.05) is 42.9 Å². The topological polar surface area (TPSA) is 73.4 Å². The molecule has 178 valence electrons. The molecule has 0 bridgehead atoms. The highest BCUT2D eigenvalue weighted by Crippen LogP contribution is 2.29. The average Bonchev–Trinajstić information content (AvgIpc) is 3.33. The number of para-hydroxylation sites is 1. The Bertz CT molecular complexity index is 1150. The van der Waals surface area contributed by atoms with Crippen molar-refractivity contribution in [2.45, 2.75) is 31.3 Å². The SMILES string of the molecule is O=C(CNc1ncnc2cc(Cl)c(Cl)cc12)N1CC[C@@H](NC2CCN(c3ccccc3)CC2)C1. The first-order chi connectivity index (χ1) is 16.6.